The van der Waals surface area contributed by atoms with E-state index in [0.29, 0.717) is 5.56 Å². The fourth-order valence-corrected chi connectivity index (χ4v) is 1.75. The number of hydrogen-bond donors (Lipinski definition) is 3. The number of amides is 3. The summed E-state index contributed by atoms with van der Waals surface area (Å²) in [4.78, 5) is 34.7. The zero-order valence-electron chi connectivity index (χ0n) is 13.9. The molecule has 0 radical (unpaired) electrons. The van der Waals surface area contributed by atoms with Gasteiger partial charge in [0.2, 0.25) is 11.8 Å². The van der Waals surface area contributed by atoms with Gasteiger partial charge in [0.05, 0.1) is 6.54 Å². The van der Waals surface area contributed by atoms with E-state index in [1.807, 2.05) is 20.8 Å². The molecule has 0 spiro atoms. The van der Waals surface area contributed by atoms with Gasteiger partial charge in [-0.05, 0) is 44.5 Å². The van der Waals surface area contributed by atoms with Gasteiger partial charge < -0.3 is 16.0 Å². The maximum atomic E-state index is 11.7. The fourth-order valence-electron chi connectivity index (χ4n) is 1.75. The summed E-state index contributed by atoms with van der Waals surface area (Å²) in [6.45, 7) is 5.54. The van der Waals surface area contributed by atoms with Gasteiger partial charge in [-0.2, -0.15) is 0 Å². The highest BCUT2D eigenvalue weighted by atomic mass is 16.2. The minimum atomic E-state index is -0.357. The highest BCUT2D eigenvalue weighted by Gasteiger charge is 2.13. The van der Waals surface area contributed by atoms with E-state index in [1.54, 1.807) is 37.4 Å². The van der Waals surface area contributed by atoms with E-state index in [2.05, 4.69) is 16.0 Å². The molecule has 3 N–H and O–H groups in total. The lowest BCUT2D eigenvalue weighted by molar-refractivity contribution is -0.124. The van der Waals surface area contributed by atoms with Crippen molar-refractivity contribution in [2.45, 2.75) is 26.3 Å². The van der Waals surface area contributed by atoms with Crippen molar-refractivity contribution in [2.24, 2.45) is 0 Å². The van der Waals surface area contributed by atoms with Crippen LogP contribution in [0.2, 0.25) is 0 Å². The Balaban J connectivity index is 2.49. The summed E-state index contributed by atoms with van der Waals surface area (Å²) in [6, 6.07) is 6.82. The molecule has 0 fully saturated rings. The Morgan fingerprint density at radius 1 is 1.09 bits per heavy atom. The molecular weight excluding hydrogens is 294 g/mol. The highest BCUT2D eigenvalue weighted by Crippen LogP contribution is 2.06. The van der Waals surface area contributed by atoms with E-state index in [0.717, 1.165) is 5.56 Å². The Labute approximate surface area is 136 Å². The molecule has 6 nitrogen and oxygen atoms in total. The zero-order valence-corrected chi connectivity index (χ0v) is 13.9. The Hall–Kier alpha value is -2.63. The van der Waals surface area contributed by atoms with Crippen LogP contribution in [0.4, 0.5) is 0 Å². The monoisotopic (exact) mass is 317 g/mol. The molecule has 1 aromatic carbocycles. The van der Waals surface area contributed by atoms with Gasteiger partial charge in [-0.15, -0.1) is 0 Å². The Morgan fingerprint density at radius 2 is 1.70 bits per heavy atom. The molecule has 0 unspecified atom stereocenters. The third kappa shape index (κ3) is 7.26. The number of hydrogen-bond acceptors (Lipinski definition) is 3. The second-order valence-corrected chi connectivity index (χ2v) is 6.05. The lowest BCUT2D eigenvalue weighted by Gasteiger charge is -2.20. The Morgan fingerprint density at radius 3 is 2.22 bits per heavy atom. The number of rotatable bonds is 5. The summed E-state index contributed by atoms with van der Waals surface area (Å²) in [5, 5.41) is 7.80. The van der Waals surface area contributed by atoms with Crippen molar-refractivity contribution < 1.29 is 14.4 Å². The van der Waals surface area contributed by atoms with Crippen LogP contribution in [-0.4, -0.2) is 36.9 Å². The van der Waals surface area contributed by atoms with Crippen molar-refractivity contribution in [2.75, 3.05) is 13.6 Å². The van der Waals surface area contributed by atoms with Gasteiger partial charge in [0.25, 0.3) is 5.91 Å². The van der Waals surface area contributed by atoms with Crippen molar-refractivity contribution in [3.63, 3.8) is 0 Å². The average Bonchev–Trinajstić information content (AvgIpc) is 2.49. The van der Waals surface area contributed by atoms with Gasteiger partial charge in [-0.25, -0.2) is 0 Å². The molecule has 0 atom stereocenters. The second kappa shape index (κ2) is 8.12. The third-order valence-electron chi connectivity index (χ3n) is 2.76. The van der Waals surface area contributed by atoms with Crippen LogP contribution in [0.3, 0.4) is 0 Å². The van der Waals surface area contributed by atoms with Crippen molar-refractivity contribution in [1.82, 2.24) is 16.0 Å². The summed E-state index contributed by atoms with van der Waals surface area (Å²) in [5.74, 6) is -0.762. The van der Waals surface area contributed by atoms with Crippen LogP contribution < -0.4 is 16.0 Å². The fraction of sp³-hybridized carbons (Fsp3) is 0.353. The molecule has 0 bridgehead atoms. The predicted octanol–water partition coefficient (Wildman–Crippen LogP) is 1.09. The van der Waals surface area contributed by atoms with Crippen LogP contribution in [0.15, 0.2) is 30.3 Å². The van der Waals surface area contributed by atoms with Gasteiger partial charge >= 0.3 is 0 Å². The number of carbonyl (C=O) groups is 3. The molecule has 1 rings (SSSR count). The van der Waals surface area contributed by atoms with E-state index in [-0.39, 0.29) is 29.8 Å². The van der Waals surface area contributed by atoms with Gasteiger partial charge in [0.15, 0.2) is 0 Å². The largest absolute Gasteiger partial charge is 0.355 e. The first-order valence-electron chi connectivity index (χ1n) is 7.30. The third-order valence-corrected chi connectivity index (χ3v) is 2.76. The molecular formula is C17H23N3O3. The van der Waals surface area contributed by atoms with Crippen LogP contribution in [0, 0.1) is 0 Å². The normalized spacial score (nSPS) is 11.1. The molecule has 0 heterocycles. The maximum absolute atomic E-state index is 11.7. The number of carbonyl (C=O) groups excluding carboxylic acids is 3. The van der Waals surface area contributed by atoms with Crippen molar-refractivity contribution in [3.8, 4) is 0 Å². The van der Waals surface area contributed by atoms with E-state index < -0.39 is 0 Å². The first-order chi connectivity index (χ1) is 10.7. The van der Waals surface area contributed by atoms with Gasteiger partial charge in [-0.1, -0.05) is 12.1 Å². The van der Waals surface area contributed by atoms with E-state index in [1.165, 1.54) is 6.08 Å². The second-order valence-electron chi connectivity index (χ2n) is 6.05. The van der Waals surface area contributed by atoms with Crippen LogP contribution in [0.5, 0.6) is 0 Å². The predicted molar refractivity (Wildman–Crippen MR) is 89.8 cm³/mol. The molecule has 6 heteroatoms. The molecule has 0 aliphatic carbocycles. The van der Waals surface area contributed by atoms with E-state index in [9.17, 15) is 14.4 Å². The summed E-state index contributed by atoms with van der Waals surface area (Å²) in [7, 11) is 1.57. The summed E-state index contributed by atoms with van der Waals surface area (Å²) in [6.07, 6.45) is 2.96. The molecule has 0 aliphatic rings. The van der Waals surface area contributed by atoms with Crippen molar-refractivity contribution >= 4 is 23.8 Å². The lowest BCUT2D eigenvalue weighted by Crippen LogP contribution is -2.45. The first-order valence-corrected chi connectivity index (χ1v) is 7.30. The smallest absolute Gasteiger partial charge is 0.251 e. The molecule has 0 aromatic heterocycles. The number of benzene rings is 1. The molecule has 0 saturated carbocycles. The molecule has 3 amide bonds. The molecule has 0 saturated heterocycles. The molecule has 23 heavy (non-hydrogen) atoms. The van der Waals surface area contributed by atoms with Crippen LogP contribution in [0.25, 0.3) is 6.08 Å². The van der Waals surface area contributed by atoms with Crippen LogP contribution >= 0.6 is 0 Å². The summed E-state index contributed by atoms with van der Waals surface area (Å²) in [5.41, 5.74) is 1.00. The Kier molecular flexibility index (Phi) is 6.50. The minimum Gasteiger partial charge on any atom is -0.355 e. The Bertz CT molecular complexity index is 599. The maximum Gasteiger partial charge on any atom is 0.251 e. The SMILES string of the molecule is CNC(=O)c1ccc(/C=C/C(=O)NCC(=O)NC(C)(C)C)cc1. The zero-order chi connectivity index (χ0) is 17.5. The number of nitrogens with one attached hydrogen (secondary N) is 3. The standard InChI is InChI=1S/C17H23N3O3/c1-17(2,3)20-15(22)11-19-14(21)10-7-12-5-8-13(9-6-12)16(23)18-4/h5-10H,11H2,1-4H3,(H,18,23)(H,19,21)(H,20,22)/b10-7+. The van der Waals surface area contributed by atoms with Gasteiger partial charge in [-0.3, -0.25) is 14.4 Å². The lowest BCUT2D eigenvalue weighted by atomic mass is 10.1. The van der Waals surface area contributed by atoms with Crippen LogP contribution in [-0.2, 0) is 9.59 Å². The highest BCUT2D eigenvalue weighted by molar-refractivity contribution is 5.95. The average molecular weight is 317 g/mol. The van der Waals surface area contributed by atoms with Gasteiger partial charge in [0, 0.05) is 24.2 Å². The summed E-state index contributed by atoms with van der Waals surface area (Å²) < 4.78 is 0. The van der Waals surface area contributed by atoms with E-state index in [4.69, 9.17) is 0 Å². The van der Waals surface area contributed by atoms with Gasteiger partial charge in [0.1, 0.15) is 0 Å². The van der Waals surface area contributed by atoms with Crippen molar-refractivity contribution in [3.05, 3.63) is 41.5 Å². The summed E-state index contributed by atoms with van der Waals surface area (Å²) >= 11 is 0. The topological polar surface area (TPSA) is 87.3 Å². The quantitative estimate of drug-likeness (QED) is 0.711. The van der Waals surface area contributed by atoms with Crippen LogP contribution in [0.1, 0.15) is 36.7 Å². The molecule has 0 aliphatic heterocycles. The van der Waals surface area contributed by atoms with Crippen molar-refractivity contribution in [1.29, 1.82) is 0 Å². The first kappa shape index (κ1) is 18.4. The van der Waals surface area contributed by atoms with E-state index >= 15 is 0 Å². The minimum absolute atomic E-state index is 0.0734. The molecule has 124 valence electrons. The molecule has 1 aromatic rings.